The summed E-state index contributed by atoms with van der Waals surface area (Å²) in [6.07, 6.45) is 3.07. The molecule has 0 aromatic heterocycles. The molecule has 1 aliphatic heterocycles. The summed E-state index contributed by atoms with van der Waals surface area (Å²) in [5.74, 6) is 0. The van der Waals surface area contributed by atoms with Gasteiger partial charge in [0, 0.05) is 38.4 Å². The highest BCUT2D eigenvalue weighted by atomic mass is 16.5. The standard InChI is InChI=1S/C23H30N2O2/c26-21(18-27-23-12-6-8-19-7-4-5-11-22(19)23)17-24-13-15-25(16-14-24)20-9-2-1-3-10-20/h1-5,7,9-11,21,23,26H,6,8,12-18H2. The molecule has 2 unspecified atom stereocenters. The Hall–Kier alpha value is -1.88. The number of aliphatic hydroxyl groups is 1. The molecular weight excluding hydrogens is 336 g/mol. The largest absolute Gasteiger partial charge is 0.389 e. The summed E-state index contributed by atoms with van der Waals surface area (Å²) < 4.78 is 6.12. The van der Waals surface area contributed by atoms with Crippen LogP contribution in [0.5, 0.6) is 0 Å². The normalized spacial score (nSPS) is 21.7. The van der Waals surface area contributed by atoms with Crippen LogP contribution in [0.4, 0.5) is 5.69 Å². The number of benzene rings is 2. The molecule has 144 valence electrons. The monoisotopic (exact) mass is 366 g/mol. The van der Waals surface area contributed by atoms with Gasteiger partial charge in [0.15, 0.2) is 0 Å². The molecular formula is C23H30N2O2. The molecule has 2 aromatic carbocycles. The molecule has 2 aliphatic rings. The number of ether oxygens (including phenoxy) is 1. The SMILES string of the molecule is OC(COC1CCCc2ccccc21)CN1CCN(c2ccccc2)CC1. The van der Waals surface area contributed by atoms with Crippen LogP contribution < -0.4 is 4.90 Å². The number of nitrogens with zero attached hydrogens (tertiary/aromatic N) is 2. The maximum atomic E-state index is 10.5. The Labute approximate surface area is 162 Å². The summed E-state index contributed by atoms with van der Waals surface area (Å²) in [5.41, 5.74) is 4.00. The number of aryl methyl sites for hydroxylation is 1. The molecule has 0 saturated carbocycles. The van der Waals surface area contributed by atoms with Crippen molar-refractivity contribution in [3.8, 4) is 0 Å². The molecule has 0 spiro atoms. The molecule has 0 bridgehead atoms. The van der Waals surface area contributed by atoms with Crippen LogP contribution in [0.1, 0.15) is 30.1 Å². The van der Waals surface area contributed by atoms with E-state index >= 15 is 0 Å². The van der Waals surface area contributed by atoms with Gasteiger partial charge < -0.3 is 14.7 Å². The first-order valence-electron chi connectivity index (χ1n) is 10.2. The lowest BCUT2D eigenvalue weighted by molar-refractivity contribution is -0.0285. The minimum atomic E-state index is -0.428. The Kier molecular flexibility index (Phi) is 6.07. The van der Waals surface area contributed by atoms with E-state index in [0.717, 1.165) is 39.0 Å². The summed E-state index contributed by atoms with van der Waals surface area (Å²) in [5, 5.41) is 10.5. The lowest BCUT2D eigenvalue weighted by Crippen LogP contribution is -2.49. The third-order valence-electron chi connectivity index (χ3n) is 5.77. The molecule has 0 radical (unpaired) electrons. The second kappa shape index (κ2) is 8.87. The van der Waals surface area contributed by atoms with E-state index in [4.69, 9.17) is 4.74 Å². The van der Waals surface area contributed by atoms with E-state index in [-0.39, 0.29) is 6.10 Å². The molecule has 1 fully saturated rings. The predicted octanol–water partition coefficient (Wildman–Crippen LogP) is 3.26. The molecule has 2 atom stereocenters. The van der Waals surface area contributed by atoms with Gasteiger partial charge in [0.1, 0.15) is 0 Å². The van der Waals surface area contributed by atoms with Gasteiger partial charge in [0.25, 0.3) is 0 Å². The average Bonchev–Trinajstić information content (AvgIpc) is 2.73. The molecule has 4 rings (SSSR count). The van der Waals surface area contributed by atoms with E-state index in [1.807, 2.05) is 0 Å². The number of piperazine rings is 1. The number of β-amino-alcohol motifs (C(OH)–C–C–N with tert-alkyl or cyclic N) is 1. The van der Waals surface area contributed by atoms with Gasteiger partial charge >= 0.3 is 0 Å². The van der Waals surface area contributed by atoms with Crippen LogP contribution in [-0.2, 0) is 11.2 Å². The van der Waals surface area contributed by atoms with Gasteiger partial charge in [-0.15, -0.1) is 0 Å². The molecule has 27 heavy (non-hydrogen) atoms. The zero-order valence-corrected chi connectivity index (χ0v) is 16.0. The fourth-order valence-electron chi connectivity index (χ4n) is 4.29. The highest BCUT2D eigenvalue weighted by Crippen LogP contribution is 2.32. The van der Waals surface area contributed by atoms with Crippen LogP contribution in [0.15, 0.2) is 54.6 Å². The van der Waals surface area contributed by atoms with Crippen molar-refractivity contribution in [1.29, 1.82) is 0 Å². The molecule has 1 saturated heterocycles. The molecule has 4 heteroatoms. The summed E-state index contributed by atoms with van der Waals surface area (Å²) in [6, 6.07) is 19.1. The zero-order chi connectivity index (χ0) is 18.5. The van der Waals surface area contributed by atoms with Gasteiger partial charge in [-0.1, -0.05) is 42.5 Å². The van der Waals surface area contributed by atoms with Gasteiger partial charge in [-0.25, -0.2) is 0 Å². The summed E-state index contributed by atoms with van der Waals surface area (Å²) in [7, 11) is 0. The predicted molar refractivity (Wildman–Crippen MR) is 109 cm³/mol. The smallest absolute Gasteiger partial charge is 0.0900 e. The quantitative estimate of drug-likeness (QED) is 0.851. The van der Waals surface area contributed by atoms with Gasteiger partial charge in [-0.2, -0.15) is 0 Å². The van der Waals surface area contributed by atoms with Crippen LogP contribution >= 0.6 is 0 Å². The maximum Gasteiger partial charge on any atom is 0.0900 e. The lowest BCUT2D eigenvalue weighted by atomic mass is 9.89. The Morgan fingerprint density at radius 2 is 1.70 bits per heavy atom. The van der Waals surface area contributed by atoms with Crippen molar-refractivity contribution in [2.24, 2.45) is 0 Å². The second-order valence-electron chi connectivity index (χ2n) is 7.69. The van der Waals surface area contributed by atoms with Crippen molar-refractivity contribution >= 4 is 5.69 Å². The van der Waals surface area contributed by atoms with Gasteiger partial charge in [-0.05, 0) is 42.5 Å². The van der Waals surface area contributed by atoms with Crippen LogP contribution in [-0.4, -0.2) is 55.4 Å². The van der Waals surface area contributed by atoms with E-state index < -0.39 is 6.10 Å². The minimum Gasteiger partial charge on any atom is -0.389 e. The number of rotatable bonds is 6. The van der Waals surface area contributed by atoms with E-state index in [2.05, 4.69) is 64.4 Å². The van der Waals surface area contributed by atoms with Gasteiger partial charge in [0.2, 0.25) is 0 Å². The molecule has 1 N–H and O–H groups in total. The first-order chi connectivity index (χ1) is 13.3. The van der Waals surface area contributed by atoms with Gasteiger partial charge in [0.05, 0.1) is 18.8 Å². The Bertz CT molecular complexity index is 713. The number of hydrogen-bond donors (Lipinski definition) is 1. The van der Waals surface area contributed by atoms with Crippen LogP contribution in [0, 0.1) is 0 Å². The summed E-state index contributed by atoms with van der Waals surface area (Å²) in [4.78, 5) is 4.76. The van der Waals surface area contributed by atoms with Gasteiger partial charge in [-0.3, -0.25) is 4.90 Å². The topological polar surface area (TPSA) is 35.9 Å². The van der Waals surface area contributed by atoms with E-state index in [9.17, 15) is 5.11 Å². The van der Waals surface area contributed by atoms with Crippen LogP contribution in [0.3, 0.4) is 0 Å². The summed E-state index contributed by atoms with van der Waals surface area (Å²) >= 11 is 0. The number of anilines is 1. The lowest BCUT2D eigenvalue weighted by Gasteiger charge is -2.37. The summed E-state index contributed by atoms with van der Waals surface area (Å²) in [6.45, 7) is 5.09. The van der Waals surface area contributed by atoms with Crippen molar-refractivity contribution in [3.63, 3.8) is 0 Å². The molecule has 1 heterocycles. The van der Waals surface area contributed by atoms with Crippen LogP contribution in [0.2, 0.25) is 0 Å². The first-order valence-corrected chi connectivity index (χ1v) is 10.2. The molecule has 2 aromatic rings. The highest BCUT2D eigenvalue weighted by molar-refractivity contribution is 5.46. The molecule has 0 amide bonds. The molecule has 4 nitrogen and oxygen atoms in total. The van der Waals surface area contributed by atoms with Crippen molar-refractivity contribution in [2.45, 2.75) is 31.5 Å². The Balaban J connectivity index is 1.22. The van der Waals surface area contributed by atoms with E-state index in [1.54, 1.807) is 0 Å². The molecule has 1 aliphatic carbocycles. The number of hydrogen-bond acceptors (Lipinski definition) is 4. The Morgan fingerprint density at radius 3 is 2.52 bits per heavy atom. The third-order valence-corrected chi connectivity index (χ3v) is 5.77. The zero-order valence-electron chi connectivity index (χ0n) is 16.0. The fraction of sp³-hybridized carbons (Fsp3) is 0.478. The van der Waals surface area contributed by atoms with Crippen molar-refractivity contribution in [3.05, 3.63) is 65.7 Å². The number of para-hydroxylation sites is 1. The number of fused-ring (bicyclic) bond motifs is 1. The maximum absolute atomic E-state index is 10.5. The first kappa shape index (κ1) is 18.5. The van der Waals surface area contributed by atoms with E-state index in [1.165, 1.54) is 23.2 Å². The third kappa shape index (κ3) is 4.70. The highest BCUT2D eigenvalue weighted by Gasteiger charge is 2.23. The minimum absolute atomic E-state index is 0.138. The van der Waals surface area contributed by atoms with Crippen molar-refractivity contribution in [2.75, 3.05) is 44.2 Å². The fourth-order valence-corrected chi connectivity index (χ4v) is 4.29. The number of aliphatic hydroxyl groups excluding tert-OH is 1. The Morgan fingerprint density at radius 1 is 0.963 bits per heavy atom. The van der Waals surface area contributed by atoms with E-state index in [0.29, 0.717) is 13.2 Å². The average molecular weight is 367 g/mol. The van der Waals surface area contributed by atoms with Crippen molar-refractivity contribution < 1.29 is 9.84 Å². The van der Waals surface area contributed by atoms with Crippen LogP contribution in [0.25, 0.3) is 0 Å². The second-order valence-corrected chi connectivity index (χ2v) is 7.69. The van der Waals surface area contributed by atoms with Crippen molar-refractivity contribution in [1.82, 2.24) is 4.90 Å².